The van der Waals surface area contributed by atoms with Crippen LogP contribution in [0.4, 0.5) is 0 Å². The smallest absolute Gasteiger partial charge is 0.164 e. The number of pyridine rings is 1. The van der Waals surface area contributed by atoms with Crippen LogP contribution in [0, 0.1) is 22.7 Å². The fraction of sp³-hybridized carbons (Fsp3) is 0. The molecule has 0 spiro atoms. The molecule has 0 radical (unpaired) electrons. The first-order chi connectivity index (χ1) is 38.6. The molecule has 0 N–H and O–H groups in total. The molecule has 4 aromatic heterocycles. The van der Waals surface area contributed by atoms with Gasteiger partial charge >= 0.3 is 0 Å². The molecule has 0 unspecified atom stereocenters. The molecule has 4 heterocycles. The van der Waals surface area contributed by atoms with Gasteiger partial charge in [-0.2, -0.15) is 10.5 Å². The van der Waals surface area contributed by atoms with Gasteiger partial charge < -0.3 is 9.13 Å². The van der Waals surface area contributed by atoms with Gasteiger partial charge in [-0.25, -0.2) is 15.0 Å². The number of nitrogens with zero attached hydrogens (tertiary/aromatic N) is 8. The second-order valence-electron chi connectivity index (χ2n) is 19.3. The Hall–Kier alpha value is -11.1. The number of hydrogen-bond acceptors (Lipinski definition) is 6. The Morgan fingerprint density at radius 3 is 1.31 bits per heavy atom. The molecule has 0 aliphatic carbocycles. The maximum atomic E-state index is 9.59. The average Bonchev–Trinajstić information content (AvgIpc) is 4.20. The highest BCUT2D eigenvalue weighted by Crippen LogP contribution is 2.44. The molecule has 0 fully saturated rings. The van der Waals surface area contributed by atoms with E-state index < -0.39 is 0 Å². The zero-order valence-corrected chi connectivity index (χ0v) is 41.8. The first-order valence-electron chi connectivity index (χ1n) is 25.7. The van der Waals surface area contributed by atoms with E-state index in [0.717, 1.165) is 116 Å². The lowest BCUT2D eigenvalue weighted by atomic mass is 9.93. The second kappa shape index (κ2) is 19.0. The van der Waals surface area contributed by atoms with Crippen LogP contribution in [0.5, 0.6) is 0 Å². The number of para-hydroxylation sites is 2. The van der Waals surface area contributed by atoms with Crippen molar-refractivity contribution < 1.29 is 0 Å². The van der Waals surface area contributed by atoms with E-state index in [1.165, 1.54) is 0 Å². The average molecular weight is 995 g/mol. The Kier molecular flexibility index (Phi) is 11.1. The number of rotatable bonds is 9. The number of fused-ring (bicyclic) bond motifs is 6. The standard InChI is InChI=1S/C70H42N8/c71-43-45-19-23-47(24-20-45)52-27-32-65-60(39-52)56-15-7-9-17-63(56)77(65)55-30-31-58(70-75-68(50-11-3-1-4-12-50)74-69(76-70)51-13-5-2-6-14-51)59(42-55)62-41-54(49-35-37-73-38-36-49)29-34-67(62)78-64-18-10-8-16-57(64)61-40-53(28-33-66(61)78)48-25-21-46(44-72)22-26-48/h1-42H. The molecule has 78 heavy (non-hydrogen) atoms. The molecule has 0 saturated heterocycles. The first kappa shape index (κ1) is 45.5. The largest absolute Gasteiger partial charge is 0.309 e. The number of nitriles is 2. The van der Waals surface area contributed by atoms with E-state index in [-0.39, 0.29) is 0 Å². The molecule has 8 nitrogen and oxygen atoms in total. The lowest BCUT2D eigenvalue weighted by molar-refractivity contribution is 1.07. The quantitative estimate of drug-likeness (QED) is 0.142. The minimum absolute atomic E-state index is 0.535. The Balaban J connectivity index is 1.07. The number of benzene rings is 10. The van der Waals surface area contributed by atoms with Crippen LogP contribution in [0.3, 0.4) is 0 Å². The third-order valence-electron chi connectivity index (χ3n) is 14.8. The van der Waals surface area contributed by atoms with E-state index in [2.05, 4.69) is 160 Å². The summed E-state index contributed by atoms with van der Waals surface area (Å²) in [5, 5.41) is 23.6. The fourth-order valence-electron chi connectivity index (χ4n) is 11.0. The van der Waals surface area contributed by atoms with Crippen LogP contribution in [0.2, 0.25) is 0 Å². The molecule has 0 bridgehead atoms. The van der Waals surface area contributed by atoms with Gasteiger partial charge in [-0.05, 0) is 142 Å². The second-order valence-corrected chi connectivity index (χ2v) is 19.3. The highest BCUT2D eigenvalue weighted by Gasteiger charge is 2.24. The van der Waals surface area contributed by atoms with E-state index in [0.29, 0.717) is 28.6 Å². The zero-order chi connectivity index (χ0) is 52.1. The maximum Gasteiger partial charge on any atom is 0.164 e. The van der Waals surface area contributed by atoms with E-state index in [1.807, 2.05) is 122 Å². The monoisotopic (exact) mass is 994 g/mol. The van der Waals surface area contributed by atoms with Crippen molar-refractivity contribution in [3.63, 3.8) is 0 Å². The summed E-state index contributed by atoms with van der Waals surface area (Å²) >= 11 is 0. The third kappa shape index (κ3) is 7.93. The Morgan fingerprint density at radius 2 is 0.744 bits per heavy atom. The molecule has 0 aliphatic rings. The molecule has 0 aliphatic heterocycles. The normalized spacial score (nSPS) is 11.3. The van der Waals surface area contributed by atoms with Crippen molar-refractivity contribution in [2.45, 2.75) is 0 Å². The van der Waals surface area contributed by atoms with Crippen LogP contribution in [-0.4, -0.2) is 29.1 Å². The van der Waals surface area contributed by atoms with Gasteiger partial charge in [-0.1, -0.05) is 140 Å². The minimum Gasteiger partial charge on any atom is -0.309 e. The Morgan fingerprint density at radius 1 is 0.295 bits per heavy atom. The summed E-state index contributed by atoms with van der Waals surface area (Å²) in [6, 6.07) is 88.2. The van der Waals surface area contributed by atoms with Crippen LogP contribution in [0.15, 0.2) is 255 Å². The lowest BCUT2D eigenvalue weighted by Gasteiger charge is -2.20. The van der Waals surface area contributed by atoms with Crippen molar-refractivity contribution in [2.75, 3.05) is 0 Å². The lowest BCUT2D eigenvalue weighted by Crippen LogP contribution is -2.04. The molecule has 8 heteroatoms. The van der Waals surface area contributed by atoms with Crippen molar-refractivity contribution in [2.24, 2.45) is 0 Å². The van der Waals surface area contributed by atoms with E-state index in [9.17, 15) is 10.5 Å². The molecule has 362 valence electrons. The summed E-state index contributed by atoms with van der Waals surface area (Å²) in [7, 11) is 0. The van der Waals surface area contributed by atoms with Crippen LogP contribution in [0.1, 0.15) is 11.1 Å². The first-order valence-corrected chi connectivity index (χ1v) is 25.7. The van der Waals surface area contributed by atoms with Crippen LogP contribution in [0.25, 0.3) is 134 Å². The molecule has 0 atom stereocenters. The summed E-state index contributed by atoms with van der Waals surface area (Å²) in [4.78, 5) is 20.3. The molecule has 0 saturated carbocycles. The van der Waals surface area contributed by atoms with Gasteiger partial charge in [0.15, 0.2) is 17.5 Å². The van der Waals surface area contributed by atoms with Gasteiger partial charge in [0.25, 0.3) is 0 Å². The van der Waals surface area contributed by atoms with E-state index >= 15 is 0 Å². The molecule has 0 amide bonds. The van der Waals surface area contributed by atoms with Crippen molar-refractivity contribution in [1.29, 1.82) is 10.5 Å². The van der Waals surface area contributed by atoms with Gasteiger partial charge in [0, 0.05) is 61.9 Å². The van der Waals surface area contributed by atoms with Crippen LogP contribution >= 0.6 is 0 Å². The topological polar surface area (TPSA) is 109 Å². The molecule has 10 aromatic carbocycles. The molecule has 14 aromatic rings. The van der Waals surface area contributed by atoms with Crippen LogP contribution < -0.4 is 0 Å². The van der Waals surface area contributed by atoms with Gasteiger partial charge in [0.05, 0.1) is 51.0 Å². The number of aromatic nitrogens is 6. The summed E-state index contributed by atoms with van der Waals surface area (Å²) in [6.07, 6.45) is 3.67. The third-order valence-corrected chi connectivity index (χ3v) is 14.8. The van der Waals surface area contributed by atoms with Gasteiger partial charge in [0.2, 0.25) is 0 Å². The summed E-state index contributed by atoms with van der Waals surface area (Å²) in [5.41, 5.74) is 18.1. The van der Waals surface area contributed by atoms with Gasteiger partial charge in [0.1, 0.15) is 0 Å². The van der Waals surface area contributed by atoms with Crippen molar-refractivity contribution in [3.8, 4) is 102 Å². The predicted molar refractivity (Wildman–Crippen MR) is 314 cm³/mol. The maximum absolute atomic E-state index is 9.59. The zero-order valence-electron chi connectivity index (χ0n) is 41.8. The summed E-state index contributed by atoms with van der Waals surface area (Å²) < 4.78 is 4.74. The predicted octanol–water partition coefficient (Wildman–Crippen LogP) is 16.9. The molecular weight excluding hydrogens is 953 g/mol. The summed E-state index contributed by atoms with van der Waals surface area (Å²) in [6.45, 7) is 0. The highest BCUT2D eigenvalue weighted by molar-refractivity contribution is 6.12. The van der Waals surface area contributed by atoms with E-state index in [1.54, 1.807) is 0 Å². The molecule has 14 rings (SSSR count). The van der Waals surface area contributed by atoms with Crippen LogP contribution in [-0.2, 0) is 0 Å². The Labute approximate surface area is 449 Å². The highest BCUT2D eigenvalue weighted by atomic mass is 15.0. The number of hydrogen-bond donors (Lipinski definition) is 0. The fourth-order valence-corrected chi connectivity index (χ4v) is 11.0. The van der Waals surface area contributed by atoms with Gasteiger partial charge in [-0.15, -0.1) is 0 Å². The summed E-state index contributed by atoms with van der Waals surface area (Å²) in [5.74, 6) is 1.68. The van der Waals surface area contributed by atoms with Crippen molar-refractivity contribution in [3.05, 3.63) is 266 Å². The van der Waals surface area contributed by atoms with Crippen molar-refractivity contribution in [1.82, 2.24) is 29.1 Å². The SMILES string of the molecule is N#Cc1ccc(-c2ccc3c(c2)c2ccccc2n3-c2ccc(-c3nc(-c4ccccc4)nc(-c4ccccc4)n3)c(-c3cc(-c4ccncc4)ccc3-n3c4ccccc4c4cc(-c5ccc(C#N)cc5)ccc43)c2)cc1. The Bertz CT molecular complexity index is 4660. The molecular formula is C70H42N8. The minimum atomic E-state index is 0.535. The van der Waals surface area contributed by atoms with Gasteiger partial charge in [-0.3, -0.25) is 4.98 Å². The van der Waals surface area contributed by atoms with E-state index in [4.69, 9.17) is 15.0 Å². The van der Waals surface area contributed by atoms with Crippen molar-refractivity contribution >= 4 is 43.6 Å².